The molecule has 0 aliphatic carbocycles. The van der Waals surface area contributed by atoms with Crippen LogP contribution >= 0.6 is 0 Å². The van der Waals surface area contributed by atoms with E-state index in [2.05, 4.69) is 14.8 Å². The van der Waals surface area contributed by atoms with Crippen molar-refractivity contribution in [1.29, 1.82) is 0 Å². The summed E-state index contributed by atoms with van der Waals surface area (Å²) in [5.41, 5.74) is 2.67. The van der Waals surface area contributed by atoms with Crippen LogP contribution in [0.4, 0.5) is 33.5 Å². The molecule has 224 valence electrons. The molecule has 0 fully saturated rings. The van der Waals surface area contributed by atoms with Gasteiger partial charge in [-0.3, -0.25) is 9.40 Å². The van der Waals surface area contributed by atoms with E-state index in [4.69, 9.17) is 9.90 Å². The second-order valence-electron chi connectivity index (χ2n) is 8.52. The maximum atomic E-state index is 13.5. The van der Waals surface area contributed by atoms with E-state index >= 15 is 0 Å². The van der Waals surface area contributed by atoms with Crippen LogP contribution < -0.4 is 9.62 Å². The highest BCUT2D eigenvalue weighted by Gasteiger charge is 2.38. The Hall–Kier alpha value is -4.28. The number of carboxylic acids is 2. The number of benzene rings is 1. The topological polar surface area (TPSA) is 155 Å². The van der Waals surface area contributed by atoms with Gasteiger partial charge in [0.2, 0.25) is 0 Å². The summed E-state index contributed by atoms with van der Waals surface area (Å²) in [6, 6.07) is 3.26. The number of carboxylic acid groups (broad SMARTS) is 2. The first kappa shape index (κ1) is 32.9. The molecule has 17 heteroatoms. The van der Waals surface area contributed by atoms with Gasteiger partial charge in [-0.15, -0.1) is 0 Å². The largest absolute Gasteiger partial charge is 0.490 e. The molecule has 3 N–H and O–H groups in total. The number of aryl methyl sites for hydroxylation is 2. The number of aromatic nitrogens is 3. The number of likely N-dealkylation sites (N-methyl/N-ethyl adjacent to an activating group) is 1. The first-order valence-corrected chi connectivity index (χ1v) is 13.1. The Kier molecular flexibility index (Phi) is 10.4. The van der Waals surface area contributed by atoms with Gasteiger partial charge in [-0.05, 0) is 57.0 Å². The summed E-state index contributed by atoms with van der Waals surface area (Å²) >= 11 is 0. The zero-order valence-electron chi connectivity index (χ0n) is 22.1. The summed E-state index contributed by atoms with van der Waals surface area (Å²) < 4.78 is 87.4. The van der Waals surface area contributed by atoms with Gasteiger partial charge < -0.3 is 15.1 Å². The van der Waals surface area contributed by atoms with Gasteiger partial charge in [0.1, 0.15) is 11.4 Å². The molecule has 2 aromatic heterocycles. The van der Waals surface area contributed by atoms with Gasteiger partial charge >= 0.3 is 18.1 Å². The Labute approximate surface area is 231 Å². The third-order valence-electron chi connectivity index (χ3n) is 5.68. The van der Waals surface area contributed by atoms with E-state index in [0.717, 1.165) is 35.6 Å². The molecule has 0 aliphatic rings. The summed E-state index contributed by atoms with van der Waals surface area (Å²) in [6.07, 6.45) is -3.30. The van der Waals surface area contributed by atoms with E-state index in [-0.39, 0.29) is 17.1 Å². The normalized spacial score (nSPS) is 11.4. The van der Waals surface area contributed by atoms with Crippen LogP contribution in [0.25, 0.3) is 0 Å². The molecule has 0 saturated carbocycles. The number of halogens is 5. The van der Waals surface area contributed by atoms with E-state index in [1.807, 2.05) is 25.5 Å². The monoisotopic (exact) mass is 607 g/mol. The molecule has 0 unspecified atom stereocenters. The van der Waals surface area contributed by atoms with Crippen LogP contribution in [0.3, 0.4) is 0 Å². The van der Waals surface area contributed by atoms with Gasteiger partial charge in [-0.25, -0.2) is 31.8 Å². The van der Waals surface area contributed by atoms with Gasteiger partial charge in [0.15, 0.2) is 11.6 Å². The molecule has 3 rings (SSSR count). The maximum absolute atomic E-state index is 13.5. The lowest BCUT2D eigenvalue weighted by atomic mass is 10.1. The Bertz CT molecular complexity index is 1540. The Balaban J connectivity index is 0.000000745. The highest BCUT2D eigenvalue weighted by molar-refractivity contribution is 7.92. The van der Waals surface area contributed by atoms with Crippen molar-refractivity contribution in [1.82, 2.24) is 14.8 Å². The number of alkyl halides is 3. The van der Waals surface area contributed by atoms with Gasteiger partial charge in [-0.2, -0.15) is 18.3 Å². The van der Waals surface area contributed by atoms with Crippen LogP contribution in [-0.4, -0.2) is 65.1 Å². The quantitative estimate of drug-likeness (QED) is 0.306. The van der Waals surface area contributed by atoms with E-state index in [1.54, 1.807) is 11.9 Å². The molecule has 0 bridgehead atoms. The van der Waals surface area contributed by atoms with E-state index < -0.39 is 44.7 Å². The number of hydrogen-bond acceptors (Lipinski definition) is 7. The SMILES string of the molecule is CCn1nc(C)c(CCN(C)c2ncc(NS(=O)(=O)c3ccc(F)c(F)c3)cc2C(=O)O)c1C.O=C(O)C(F)(F)F. The van der Waals surface area contributed by atoms with Crippen molar-refractivity contribution in [3.05, 3.63) is 64.6 Å². The number of carbonyl (C=O) groups is 2. The number of pyridine rings is 1. The van der Waals surface area contributed by atoms with Crippen LogP contribution in [-0.2, 0) is 27.8 Å². The fraction of sp³-hybridized carbons (Fsp3) is 0.333. The number of aromatic carboxylic acids is 1. The molecular weight excluding hydrogens is 581 g/mol. The Morgan fingerprint density at radius 3 is 2.20 bits per heavy atom. The molecule has 0 aliphatic heterocycles. The zero-order valence-corrected chi connectivity index (χ0v) is 22.9. The third-order valence-corrected chi connectivity index (χ3v) is 7.06. The fourth-order valence-electron chi connectivity index (χ4n) is 3.62. The summed E-state index contributed by atoms with van der Waals surface area (Å²) in [5, 5.41) is 21.3. The summed E-state index contributed by atoms with van der Waals surface area (Å²) in [7, 11) is -2.61. The summed E-state index contributed by atoms with van der Waals surface area (Å²) in [6.45, 7) is 7.09. The fourth-order valence-corrected chi connectivity index (χ4v) is 4.67. The summed E-state index contributed by atoms with van der Waals surface area (Å²) in [5.74, 6) is -6.41. The molecule has 41 heavy (non-hydrogen) atoms. The van der Waals surface area contributed by atoms with Crippen LogP contribution in [0, 0.1) is 25.5 Å². The van der Waals surface area contributed by atoms with Crippen molar-refractivity contribution < 1.29 is 50.2 Å². The predicted molar refractivity (Wildman–Crippen MR) is 136 cm³/mol. The molecular formula is C24H26F5N5O6S. The number of hydrogen-bond donors (Lipinski definition) is 3. The Morgan fingerprint density at radius 2 is 1.71 bits per heavy atom. The number of nitrogens with one attached hydrogen (secondary N) is 1. The minimum atomic E-state index is -5.08. The zero-order chi connectivity index (χ0) is 31.3. The lowest BCUT2D eigenvalue weighted by molar-refractivity contribution is -0.192. The highest BCUT2D eigenvalue weighted by Crippen LogP contribution is 2.24. The molecule has 0 amide bonds. The van der Waals surface area contributed by atoms with Crippen LogP contribution in [0.1, 0.15) is 34.2 Å². The number of sulfonamides is 1. The van der Waals surface area contributed by atoms with Crippen molar-refractivity contribution in [2.45, 2.75) is 44.8 Å². The van der Waals surface area contributed by atoms with Gasteiger partial charge in [0.05, 0.1) is 22.5 Å². The number of rotatable bonds is 9. The van der Waals surface area contributed by atoms with Crippen molar-refractivity contribution in [3.8, 4) is 0 Å². The predicted octanol–water partition coefficient (Wildman–Crippen LogP) is 4.00. The third kappa shape index (κ3) is 8.36. The van der Waals surface area contributed by atoms with Gasteiger partial charge in [0.25, 0.3) is 10.0 Å². The van der Waals surface area contributed by atoms with Crippen molar-refractivity contribution in [3.63, 3.8) is 0 Å². The van der Waals surface area contributed by atoms with Crippen molar-refractivity contribution >= 4 is 33.5 Å². The van der Waals surface area contributed by atoms with Gasteiger partial charge in [0, 0.05) is 25.8 Å². The minimum Gasteiger partial charge on any atom is -0.478 e. The summed E-state index contributed by atoms with van der Waals surface area (Å²) in [4.78, 5) is 26.1. The molecule has 0 atom stereocenters. The lowest BCUT2D eigenvalue weighted by Crippen LogP contribution is -2.24. The van der Waals surface area contributed by atoms with Crippen LogP contribution in [0.15, 0.2) is 35.4 Å². The molecule has 0 saturated heterocycles. The average molecular weight is 608 g/mol. The van der Waals surface area contributed by atoms with E-state index in [9.17, 15) is 40.3 Å². The van der Waals surface area contributed by atoms with E-state index in [0.29, 0.717) is 25.1 Å². The molecule has 0 radical (unpaired) electrons. The van der Waals surface area contributed by atoms with Crippen LogP contribution in [0.5, 0.6) is 0 Å². The van der Waals surface area contributed by atoms with E-state index in [1.165, 1.54) is 6.20 Å². The van der Waals surface area contributed by atoms with Crippen molar-refractivity contribution in [2.75, 3.05) is 23.2 Å². The first-order valence-electron chi connectivity index (χ1n) is 11.6. The van der Waals surface area contributed by atoms with Crippen LogP contribution in [0.2, 0.25) is 0 Å². The second-order valence-corrected chi connectivity index (χ2v) is 10.2. The number of anilines is 2. The Morgan fingerprint density at radius 1 is 1.10 bits per heavy atom. The molecule has 2 heterocycles. The first-order chi connectivity index (χ1) is 18.9. The number of nitrogens with zero attached hydrogens (tertiary/aromatic N) is 4. The average Bonchev–Trinajstić information content (AvgIpc) is 3.15. The standard InChI is InChI=1S/C22H25F2N5O4S.C2HF3O2/c1-5-29-14(3)17(13(2)26-29)8-9-28(4)21-18(22(30)31)10-15(12-25-21)27-34(32,33)16-6-7-19(23)20(24)11-16;3-2(4,5)1(6)7/h6-7,10-12,27H,5,8-9H2,1-4H3,(H,30,31);(H,6,7). The molecule has 3 aromatic rings. The van der Waals surface area contributed by atoms with Gasteiger partial charge in [-0.1, -0.05) is 0 Å². The highest BCUT2D eigenvalue weighted by atomic mass is 32.2. The molecule has 11 nitrogen and oxygen atoms in total. The number of aliphatic carboxylic acids is 1. The second kappa shape index (κ2) is 12.9. The lowest BCUT2D eigenvalue weighted by Gasteiger charge is -2.21. The van der Waals surface area contributed by atoms with Crippen molar-refractivity contribution in [2.24, 2.45) is 0 Å². The molecule has 1 aromatic carbocycles. The minimum absolute atomic E-state index is 0.129. The smallest absolute Gasteiger partial charge is 0.478 e. The molecule has 0 spiro atoms. The maximum Gasteiger partial charge on any atom is 0.490 e.